The zero-order valence-electron chi connectivity index (χ0n) is 14.6. The maximum absolute atomic E-state index is 13.1. The lowest BCUT2D eigenvalue weighted by atomic mass is 9.80. The monoisotopic (exact) mass is 346 g/mol. The van der Waals surface area contributed by atoms with E-state index < -0.39 is 6.04 Å². The number of para-hydroxylation sites is 1. The highest BCUT2D eigenvalue weighted by molar-refractivity contribution is 6.17. The summed E-state index contributed by atoms with van der Waals surface area (Å²) in [6.45, 7) is 4.05. The molecule has 1 aromatic carbocycles. The highest BCUT2D eigenvalue weighted by Gasteiger charge is 2.43. The fourth-order valence-corrected chi connectivity index (χ4v) is 4.27. The Morgan fingerprint density at radius 3 is 2.88 bits per heavy atom. The standard InChI is InChI=1S/C21H18N2O3/c1-3-11-13-8-14-18-17(10(2)12-6-4-5-7-16(12)22-18)23-19(14)20(24)15(13)9-26-21(11)25/h4-8,11,19,23H,3,9H2,1-2H3. The number of fused-ring (bicyclic) bond motifs is 4. The number of hydrogen-bond donors (Lipinski definition) is 1. The van der Waals surface area contributed by atoms with Gasteiger partial charge in [-0.3, -0.25) is 9.59 Å². The molecule has 130 valence electrons. The van der Waals surface area contributed by atoms with Crippen molar-refractivity contribution in [2.75, 3.05) is 11.9 Å². The number of Topliss-reactive ketones (excluding diaryl/α,β-unsaturated/α-hetero) is 1. The Bertz CT molecular complexity index is 1060. The van der Waals surface area contributed by atoms with Crippen LogP contribution in [-0.4, -0.2) is 29.4 Å². The van der Waals surface area contributed by atoms with Gasteiger partial charge in [-0.25, -0.2) is 4.98 Å². The number of nitrogens with zero attached hydrogens (tertiary/aromatic N) is 1. The van der Waals surface area contributed by atoms with Crippen molar-refractivity contribution in [1.29, 1.82) is 0 Å². The third-order valence-corrected chi connectivity index (χ3v) is 5.67. The minimum Gasteiger partial charge on any atom is -0.460 e. The molecular formula is C21H18N2O3. The number of carbonyl (C=O) groups is 2. The molecule has 3 heterocycles. The zero-order valence-corrected chi connectivity index (χ0v) is 14.6. The Labute approximate surface area is 150 Å². The number of carbonyl (C=O) groups excluding carboxylic acids is 2. The molecule has 2 atom stereocenters. The Kier molecular flexibility index (Phi) is 3.11. The van der Waals surface area contributed by atoms with Crippen LogP contribution in [0.1, 0.15) is 24.6 Å². The first-order chi connectivity index (χ1) is 12.6. The van der Waals surface area contributed by atoms with Crippen LogP contribution < -0.4 is 5.32 Å². The summed E-state index contributed by atoms with van der Waals surface area (Å²) in [6, 6.07) is 7.54. The second-order valence-electron chi connectivity index (χ2n) is 7.02. The van der Waals surface area contributed by atoms with Gasteiger partial charge in [0, 0.05) is 16.5 Å². The van der Waals surface area contributed by atoms with Crippen LogP contribution >= 0.6 is 0 Å². The van der Waals surface area contributed by atoms with E-state index >= 15 is 0 Å². The number of nitrogens with one attached hydrogen (secondary N) is 1. The lowest BCUT2D eigenvalue weighted by Gasteiger charge is -2.30. The summed E-state index contributed by atoms with van der Waals surface area (Å²) < 4.78 is 5.24. The summed E-state index contributed by atoms with van der Waals surface area (Å²) in [7, 11) is 0. The van der Waals surface area contributed by atoms with Gasteiger partial charge in [0.05, 0.1) is 22.8 Å². The van der Waals surface area contributed by atoms with Gasteiger partial charge in [0.2, 0.25) is 0 Å². The van der Waals surface area contributed by atoms with Crippen molar-refractivity contribution < 1.29 is 14.3 Å². The van der Waals surface area contributed by atoms with Crippen molar-refractivity contribution in [2.24, 2.45) is 5.92 Å². The van der Waals surface area contributed by atoms with Gasteiger partial charge in [0.1, 0.15) is 12.6 Å². The van der Waals surface area contributed by atoms with E-state index in [1.807, 2.05) is 44.2 Å². The largest absolute Gasteiger partial charge is 0.460 e. The number of allylic oxidation sites excluding steroid dienone is 1. The number of aromatic nitrogens is 1. The van der Waals surface area contributed by atoms with E-state index in [9.17, 15) is 9.59 Å². The summed E-state index contributed by atoms with van der Waals surface area (Å²) in [5, 5.41) is 4.45. The molecule has 0 fully saturated rings. The second-order valence-corrected chi connectivity index (χ2v) is 7.02. The summed E-state index contributed by atoms with van der Waals surface area (Å²) in [4.78, 5) is 30.0. The third-order valence-electron chi connectivity index (χ3n) is 5.67. The third kappa shape index (κ3) is 1.88. The molecule has 3 aliphatic rings. The number of benzene rings is 1. The molecule has 0 spiro atoms. The Morgan fingerprint density at radius 1 is 1.27 bits per heavy atom. The van der Waals surface area contributed by atoms with E-state index in [-0.39, 0.29) is 24.3 Å². The van der Waals surface area contributed by atoms with Crippen molar-refractivity contribution in [3.8, 4) is 0 Å². The van der Waals surface area contributed by atoms with Crippen LogP contribution in [0.15, 0.2) is 41.5 Å². The molecule has 0 amide bonds. The highest BCUT2D eigenvalue weighted by atomic mass is 16.5. The van der Waals surface area contributed by atoms with Crippen LogP contribution in [-0.2, 0) is 14.3 Å². The summed E-state index contributed by atoms with van der Waals surface area (Å²) in [5.41, 5.74) is 6.02. The van der Waals surface area contributed by atoms with E-state index in [0.29, 0.717) is 12.0 Å². The number of hydrogen-bond acceptors (Lipinski definition) is 5. The van der Waals surface area contributed by atoms with Crippen LogP contribution in [0.4, 0.5) is 5.69 Å². The number of rotatable bonds is 1. The molecule has 0 radical (unpaired) electrons. The van der Waals surface area contributed by atoms with Gasteiger partial charge < -0.3 is 10.1 Å². The van der Waals surface area contributed by atoms with Gasteiger partial charge in [-0.05, 0) is 36.6 Å². The molecule has 1 aromatic heterocycles. The minimum absolute atomic E-state index is 0.00935. The number of cyclic esters (lactones) is 1. The number of anilines is 1. The molecular weight excluding hydrogens is 328 g/mol. The van der Waals surface area contributed by atoms with E-state index in [1.54, 1.807) is 0 Å². The first kappa shape index (κ1) is 15.3. The van der Waals surface area contributed by atoms with Crippen molar-refractivity contribution in [1.82, 2.24) is 4.98 Å². The Morgan fingerprint density at radius 2 is 2.08 bits per heavy atom. The fraction of sp³-hybridized carbons (Fsp3) is 0.286. The van der Waals surface area contributed by atoms with Crippen molar-refractivity contribution in [3.05, 3.63) is 52.7 Å². The zero-order chi connectivity index (χ0) is 18.0. The van der Waals surface area contributed by atoms with Crippen LogP contribution in [0.5, 0.6) is 0 Å². The Hall–Kier alpha value is -2.95. The van der Waals surface area contributed by atoms with E-state index in [0.717, 1.165) is 39.0 Å². The maximum atomic E-state index is 13.1. The molecule has 5 heteroatoms. The van der Waals surface area contributed by atoms with Gasteiger partial charge in [-0.1, -0.05) is 25.1 Å². The van der Waals surface area contributed by atoms with E-state index in [1.165, 1.54) is 0 Å². The van der Waals surface area contributed by atoms with Crippen molar-refractivity contribution >= 4 is 33.9 Å². The number of ether oxygens (including phenoxy) is 1. The molecule has 5 nitrogen and oxygen atoms in total. The van der Waals surface area contributed by atoms with Gasteiger partial charge >= 0.3 is 5.97 Å². The van der Waals surface area contributed by atoms with E-state index in [4.69, 9.17) is 9.72 Å². The number of pyridine rings is 1. The van der Waals surface area contributed by atoms with Crippen molar-refractivity contribution in [3.63, 3.8) is 0 Å². The molecule has 2 aromatic rings. The summed E-state index contributed by atoms with van der Waals surface area (Å²) in [5.74, 6) is -0.630. The molecule has 26 heavy (non-hydrogen) atoms. The SMILES string of the molecule is CCC1C(=O)OCC2=C1C=C1c3nc4ccccc4c(C)c3NC1C2=O. The van der Waals surface area contributed by atoms with Gasteiger partial charge in [0.25, 0.3) is 0 Å². The number of ketones is 1. The predicted octanol–water partition coefficient (Wildman–Crippen LogP) is 3.18. The smallest absolute Gasteiger partial charge is 0.313 e. The minimum atomic E-state index is -0.443. The first-order valence-electron chi connectivity index (χ1n) is 8.92. The Balaban J connectivity index is 1.74. The predicted molar refractivity (Wildman–Crippen MR) is 98.6 cm³/mol. The second kappa shape index (κ2) is 5.27. The average molecular weight is 346 g/mol. The topological polar surface area (TPSA) is 68.3 Å². The van der Waals surface area contributed by atoms with E-state index in [2.05, 4.69) is 5.32 Å². The summed E-state index contributed by atoms with van der Waals surface area (Å²) in [6.07, 6.45) is 2.61. The molecule has 2 aliphatic heterocycles. The fourth-order valence-electron chi connectivity index (χ4n) is 4.27. The lowest BCUT2D eigenvalue weighted by molar-refractivity contribution is -0.147. The van der Waals surface area contributed by atoms with Gasteiger partial charge in [-0.2, -0.15) is 0 Å². The highest BCUT2D eigenvalue weighted by Crippen LogP contribution is 2.44. The van der Waals surface area contributed by atoms with Crippen LogP contribution in [0.2, 0.25) is 0 Å². The molecule has 0 saturated carbocycles. The molecule has 1 aliphatic carbocycles. The lowest BCUT2D eigenvalue weighted by Crippen LogP contribution is -2.38. The van der Waals surface area contributed by atoms with Crippen LogP contribution in [0.3, 0.4) is 0 Å². The molecule has 5 rings (SSSR count). The van der Waals surface area contributed by atoms with Crippen LogP contribution in [0.25, 0.3) is 16.5 Å². The quantitative estimate of drug-likeness (QED) is 0.803. The van der Waals surface area contributed by atoms with Gasteiger partial charge in [0.15, 0.2) is 5.78 Å². The molecule has 2 unspecified atom stereocenters. The van der Waals surface area contributed by atoms with Crippen LogP contribution in [0, 0.1) is 12.8 Å². The first-order valence-corrected chi connectivity index (χ1v) is 8.92. The van der Waals surface area contributed by atoms with Crippen molar-refractivity contribution in [2.45, 2.75) is 26.3 Å². The molecule has 1 N–H and O–H groups in total. The number of aryl methyl sites for hydroxylation is 1. The number of esters is 1. The average Bonchev–Trinajstić information content (AvgIpc) is 3.01. The normalized spacial score (nSPS) is 23.8. The summed E-state index contributed by atoms with van der Waals surface area (Å²) >= 11 is 0. The molecule has 0 saturated heterocycles. The maximum Gasteiger partial charge on any atom is 0.313 e. The molecule has 0 bridgehead atoms. The van der Waals surface area contributed by atoms with Gasteiger partial charge in [-0.15, -0.1) is 0 Å².